The van der Waals surface area contributed by atoms with E-state index < -0.39 is 23.5 Å². The number of amides is 1. The van der Waals surface area contributed by atoms with Gasteiger partial charge in [0, 0.05) is 17.0 Å². The molecule has 3 aromatic rings. The second-order valence-corrected chi connectivity index (χ2v) is 7.33. The predicted molar refractivity (Wildman–Crippen MR) is 94.9 cm³/mol. The van der Waals surface area contributed by atoms with Crippen LogP contribution in [-0.4, -0.2) is 16.9 Å². The van der Waals surface area contributed by atoms with Crippen molar-refractivity contribution >= 4 is 33.1 Å². The summed E-state index contributed by atoms with van der Waals surface area (Å²) in [4.78, 5) is 16.6. The molecule has 0 radical (unpaired) electrons. The molecule has 140 valence electrons. The first-order valence-electron chi connectivity index (χ1n) is 8.11. The second kappa shape index (κ2) is 6.19. The van der Waals surface area contributed by atoms with E-state index >= 15 is 0 Å². The molecule has 1 aliphatic carbocycles. The molecule has 1 aromatic carbocycles. The SMILES string of the molecule is Nc1c(C(=O)NC2CC2)sc2nc(-c3ccc(F)cc3)cc(C(F)(F)F)c12. The van der Waals surface area contributed by atoms with Crippen LogP contribution in [0.4, 0.5) is 23.2 Å². The van der Waals surface area contributed by atoms with Crippen LogP contribution in [0.5, 0.6) is 0 Å². The smallest absolute Gasteiger partial charge is 0.397 e. The molecule has 4 rings (SSSR count). The minimum absolute atomic E-state index is 0.0163. The first-order valence-corrected chi connectivity index (χ1v) is 8.92. The minimum Gasteiger partial charge on any atom is -0.397 e. The zero-order valence-corrected chi connectivity index (χ0v) is 14.5. The first kappa shape index (κ1) is 17.7. The van der Waals surface area contributed by atoms with Crippen molar-refractivity contribution in [1.82, 2.24) is 10.3 Å². The summed E-state index contributed by atoms with van der Waals surface area (Å²) in [7, 11) is 0. The first-order chi connectivity index (χ1) is 12.7. The topological polar surface area (TPSA) is 68.0 Å². The fourth-order valence-electron chi connectivity index (χ4n) is 2.76. The molecule has 1 fully saturated rings. The number of pyridine rings is 1. The average Bonchev–Trinajstić information content (AvgIpc) is 3.35. The van der Waals surface area contributed by atoms with Crippen LogP contribution in [0.25, 0.3) is 21.5 Å². The summed E-state index contributed by atoms with van der Waals surface area (Å²) >= 11 is 0.822. The Hall–Kier alpha value is -2.68. The largest absolute Gasteiger partial charge is 0.417 e. The van der Waals surface area contributed by atoms with Crippen molar-refractivity contribution in [2.75, 3.05) is 5.73 Å². The predicted octanol–water partition coefficient (Wildman–Crippen LogP) is 4.60. The van der Waals surface area contributed by atoms with Crippen molar-refractivity contribution in [3.8, 4) is 11.3 Å². The van der Waals surface area contributed by atoms with Crippen LogP contribution in [0.15, 0.2) is 30.3 Å². The Labute approximate surface area is 155 Å². The van der Waals surface area contributed by atoms with Crippen LogP contribution < -0.4 is 11.1 Å². The molecule has 27 heavy (non-hydrogen) atoms. The number of nitrogens with zero attached hydrogens (tertiary/aromatic N) is 1. The van der Waals surface area contributed by atoms with Gasteiger partial charge in [-0.25, -0.2) is 9.37 Å². The van der Waals surface area contributed by atoms with Crippen molar-refractivity contribution in [3.05, 3.63) is 46.6 Å². The molecule has 0 saturated heterocycles. The standard InChI is InChI=1S/C18H13F4N3OS/c19-9-3-1-8(2-4-9)12-7-11(18(20,21)22)13-14(23)15(27-17(13)25-12)16(26)24-10-5-6-10/h1-4,7,10H,5-6,23H2,(H,24,26). The van der Waals surface area contributed by atoms with Gasteiger partial charge in [-0.3, -0.25) is 4.79 Å². The summed E-state index contributed by atoms with van der Waals surface area (Å²) in [6, 6.07) is 5.91. The summed E-state index contributed by atoms with van der Waals surface area (Å²) in [5.74, 6) is -0.996. The Balaban J connectivity index is 1.90. The van der Waals surface area contributed by atoms with Crippen molar-refractivity contribution < 1.29 is 22.4 Å². The highest BCUT2D eigenvalue weighted by Crippen LogP contribution is 2.43. The van der Waals surface area contributed by atoms with Gasteiger partial charge in [-0.2, -0.15) is 13.2 Å². The highest BCUT2D eigenvalue weighted by atomic mass is 32.1. The molecule has 0 aliphatic heterocycles. The van der Waals surface area contributed by atoms with E-state index in [2.05, 4.69) is 10.3 Å². The number of aromatic nitrogens is 1. The number of benzene rings is 1. The lowest BCUT2D eigenvalue weighted by Gasteiger charge is -2.11. The third-order valence-corrected chi connectivity index (χ3v) is 5.36. The number of nitrogens with two attached hydrogens (primary N) is 1. The van der Waals surface area contributed by atoms with Crippen molar-refractivity contribution in [2.45, 2.75) is 25.1 Å². The van der Waals surface area contributed by atoms with Gasteiger partial charge in [0.25, 0.3) is 5.91 Å². The molecule has 1 saturated carbocycles. The Bertz CT molecular complexity index is 1040. The van der Waals surface area contributed by atoms with Crippen molar-refractivity contribution in [2.24, 2.45) is 0 Å². The quantitative estimate of drug-likeness (QED) is 0.637. The maximum atomic E-state index is 13.6. The summed E-state index contributed by atoms with van der Waals surface area (Å²) in [6.07, 6.45) is -3.00. The Kier molecular flexibility index (Phi) is 4.06. The van der Waals surface area contributed by atoms with Gasteiger partial charge < -0.3 is 11.1 Å². The number of thiophene rings is 1. The molecule has 1 aliphatic rings. The van der Waals surface area contributed by atoms with E-state index in [9.17, 15) is 22.4 Å². The normalized spacial score (nSPS) is 14.5. The number of fused-ring (bicyclic) bond motifs is 1. The molecule has 0 unspecified atom stereocenters. The highest BCUT2D eigenvalue weighted by Gasteiger charge is 2.36. The highest BCUT2D eigenvalue weighted by molar-refractivity contribution is 7.21. The number of hydrogen-bond donors (Lipinski definition) is 2. The van der Waals surface area contributed by atoms with E-state index in [1.807, 2.05) is 0 Å². The molecular weight excluding hydrogens is 382 g/mol. The van der Waals surface area contributed by atoms with E-state index in [0.29, 0.717) is 5.56 Å². The fourth-order valence-corrected chi connectivity index (χ4v) is 3.78. The molecule has 0 bridgehead atoms. The van der Waals surface area contributed by atoms with Gasteiger partial charge in [-0.15, -0.1) is 11.3 Å². The summed E-state index contributed by atoms with van der Waals surface area (Å²) in [5.41, 5.74) is 5.08. The minimum atomic E-state index is -4.69. The third-order valence-electron chi connectivity index (χ3n) is 4.26. The molecule has 0 atom stereocenters. The molecule has 2 aromatic heterocycles. The van der Waals surface area contributed by atoms with Gasteiger partial charge in [0.1, 0.15) is 15.5 Å². The van der Waals surface area contributed by atoms with Crippen LogP contribution in [0.1, 0.15) is 28.1 Å². The fraction of sp³-hybridized carbons (Fsp3) is 0.222. The Morgan fingerprint density at radius 1 is 1.22 bits per heavy atom. The molecule has 3 N–H and O–H groups in total. The molecule has 4 nitrogen and oxygen atoms in total. The molecule has 1 amide bonds. The molecule has 0 spiro atoms. The average molecular weight is 395 g/mol. The third kappa shape index (κ3) is 3.34. The number of hydrogen-bond acceptors (Lipinski definition) is 4. The van der Waals surface area contributed by atoms with Crippen molar-refractivity contribution in [1.29, 1.82) is 0 Å². The Morgan fingerprint density at radius 2 is 1.89 bits per heavy atom. The van der Waals surface area contributed by atoms with E-state index in [0.717, 1.165) is 42.4 Å². The number of nitrogen functional groups attached to an aromatic ring is 1. The summed E-state index contributed by atoms with van der Waals surface area (Å²) in [5, 5.41) is 2.45. The van der Waals surface area contributed by atoms with E-state index in [-0.39, 0.29) is 32.5 Å². The van der Waals surface area contributed by atoms with Crippen LogP contribution in [0.2, 0.25) is 0 Å². The van der Waals surface area contributed by atoms with Gasteiger partial charge in [-0.05, 0) is 43.2 Å². The Morgan fingerprint density at radius 3 is 2.48 bits per heavy atom. The van der Waals surface area contributed by atoms with Gasteiger partial charge in [0.15, 0.2) is 0 Å². The maximum absolute atomic E-state index is 13.6. The lowest BCUT2D eigenvalue weighted by molar-refractivity contribution is -0.136. The zero-order valence-electron chi connectivity index (χ0n) is 13.7. The number of alkyl halides is 3. The monoisotopic (exact) mass is 395 g/mol. The van der Waals surface area contributed by atoms with Crippen LogP contribution in [-0.2, 0) is 6.18 Å². The number of carbonyl (C=O) groups excluding carboxylic acids is 1. The maximum Gasteiger partial charge on any atom is 0.417 e. The van der Waals surface area contributed by atoms with E-state index in [1.54, 1.807) is 0 Å². The van der Waals surface area contributed by atoms with Crippen LogP contribution in [0.3, 0.4) is 0 Å². The lowest BCUT2D eigenvalue weighted by Crippen LogP contribution is -2.25. The van der Waals surface area contributed by atoms with Gasteiger partial charge >= 0.3 is 6.18 Å². The van der Waals surface area contributed by atoms with Crippen LogP contribution in [0, 0.1) is 5.82 Å². The van der Waals surface area contributed by atoms with Crippen LogP contribution >= 0.6 is 11.3 Å². The second-order valence-electron chi connectivity index (χ2n) is 6.33. The van der Waals surface area contributed by atoms with E-state index in [1.165, 1.54) is 12.1 Å². The molecule has 2 heterocycles. The number of anilines is 1. The van der Waals surface area contributed by atoms with E-state index in [4.69, 9.17) is 5.73 Å². The number of rotatable bonds is 3. The zero-order chi connectivity index (χ0) is 19.3. The summed E-state index contributed by atoms with van der Waals surface area (Å²) < 4.78 is 54.1. The van der Waals surface area contributed by atoms with Crippen molar-refractivity contribution in [3.63, 3.8) is 0 Å². The number of nitrogens with one attached hydrogen (secondary N) is 1. The molecule has 9 heteroatoms. The number of carbonyl (C=O) groups is 1. The lowest BCUT2D eigenvalue weighted by atomic mass is 10.1. The molecular formula is C18H13F4N3OS. The van der Waals surface area contributed by atoms with Gasteiger partial charge in [-0.1, -0.05) is 0 Å². The summed E-state index contributed by atoms with van der Waals surface area (Å²) in [6.45, 7) is 0. The number of halogens is 4. The van der Waals surface area contributed by atoms with Gasteiger partial charge in [0.05, 0.1) is 16.9 Å². The van der Waals surface area contributed by atoms with Gasteiger partial charge in [0.2, 0.25) is 0 Å².